The Balaban J connectivity index is 1.62. The molecule has 2 aromatic carbocycles. The minimum absolute atomic E-state index is 0.169. The number of alkyl halides is 1. The molecule has 2 aromatic rings. The van der Waals surface area contributed by atoms with Gasteiger partial charge < -0.3 is 24.4 Å². The quantitative estimate of drug-likeness (QED) is 0.257. The third-order valence-corrected chi connectivity index (χ3v) is 8.94. The van der Waals surface area contributed by atoms with Crippen LogP contribution in [0.3, 0.4) is 0 Å². The molecule has 206 valence electrons. The van der Waals surface area contributed by atoms with E-state index >= 15 is 0 Å². The zero-order valence-electron chi connectivity index (χ0n) is 21.8. The van der Waals surface area contributed by atoms with Crippen molar-refractivity contribution in [3.05, 3.63) is 84.4 Å². The van der Waals surface area contributed by atoms with Crippen LogP contribution in [-0.2, 0) is 30.4 Å². The molecule has 3 heterocycles. The molecule has 3 saturated heterocycles. The SMILES string of the molecule is C=CCN(Cc1ccccc1)C(=O)C1N([C@H](CO)c2ccccc2)C(=O)[C@@H]2[C@@H](C(=O)OCC)[C@@H]3OC12CC3Br. The van der Waals surface area contributed by atoms with E-state index in [0.29, 0.717) is 18.5 Å². The van der Waals surface area contributed by atoms with Gasteiger partial charge in [0, 0.05) is 17.9 Å². The Morgan fingerprint density at radius 1 is 1.23 bits per heavy atom. The summed E-state index contributed by atoms with van der Waals surface area (Å²) in [7, 11) is 0. The van der Waals surface area contributed by atoms with Gasteiger partial charge >= 0.3 is 5.97 Å². The van der Waals surface area contributed by atoms with Crippen LogP contribution in [0.5, 0.6) is 0 Å². The first kappa shape index (κ1) is 27.6. The Hall–Kier alpha value is -3.01. The predicted molar refractivity (Wildman–Crippen MR) is 148 cm³/mol. The van der Waals surface area contributed by atoms with Crippen LogP contribution >= 0.6 is 15.9 Å². The number of carbonyl (C=O) groups is 3. The summed E-state index contributed by atoms with van der Waals surface area (Å²) >= 11 is 3.67. The van der Waals surface area contributed by atoms with Crippen LogP contribution < -0.4 is 0 Å². The number of nitrogens with zero attached hydrogens (tertiary/aromatic N) is 2. The molecule has 0 radical (unpaired) electrons. The zero-order valence-corrected chi connectivity index (χ0v) is 23.4. The lowest BCUT2D eigenvalue weighted by Gasteiger charge is -2.39. The van der Waals surface area contributed by atoms with E-state index in [0.717, 1.165) is 5.56 Å². The number of rotatable bonds is 10. The highest BCUT2D eigenvalue weighted by atomic mass is 79.9. The molecular weight excluding hydrogens is 564 g/mol. The highest BCUT2D eigenvalue weighted by molar-refractivity contribution is 9.09. The summed E-state index contributed by atoms with van der Waals surface area (Å²) in [5.41, 5.74) is 0.375. The van der Waals surface area contributed by atoms with Gasteiger partial charge in [-0.2, -0.15) is 0 Å². The number of esters is 1. The molecule has 9 heteroatoms. The number of halogens is 1. The number of carbonyl (C=O) groups excluding carboxylic acids is 3. The predicted octanol–water partition coefficient (Wildman–Crippen LogP) is 3.25. The first-order chi connectivity index (χ1) is 18.9. The summed E-state index contributed by atoms with van der Waals surface area (Å²) in [5.74, 6) is -2.95. The van der Waals surface area contributed by atoms with Gasteiger partial charge in [0.2, 0.25) is 11.8 Å². The molecule has 0 aromatic heterocycles. The van der Waals surface area contributed by atoms with Gasteiger partial charge in [-0.25, -0.2) is 0 Å². The van der Waals surface area contributed by atoms with Crippen molar-refractivity contribution < 1.29 is 29.0 Å². The lowest BCUT2D eigenvalue weighted by atomic mass is 9.70. The molecule has 1 spiro atoms. The maximum atomic E-state index is 14.6. The van der Waals surface area contributed by atoms with E-state index in [2.05, 4.69) is 22.5 Å². The minimum Gasteiger partial charge on any atom is -0.466 e. The summed E-state index contributed by atoms with van der Waals surface area (Å²) < 4.78 is 11.9. The molecule has 39 heavy (non-hydrogen) atoms. The van der Waals surface area contributed by atoms with Crippen LogP contribution in [0.2, 0.25) is 0 Å². The maximum absolute atomic E-state index is 14.6. The van der Waals surface area contributed by atoms with Crippen LogP contribution in [0.1, 0.15) is 30.5 Å². The number of hydrogen-bond acceptors (Lipinski definition) is 6. The number of ether oxygens (including phenoxy) is 2. The van der Waals surface area contributed by atoms with E-state index in [9.17, 15) is 19.5 Å². The van der Waals surface area contributed by atoms with Crippen LogP contribution in [0.15, 0.2) is 73.3 Å². The van der Waals surface area contributed by atoms with Gasteiger partial charge in [-0.3, -0.25) is 14.4 Å². The third kappa shape index (κ3) is 4.60. The van der Waals surface area contributed by atoms with Crippen molar-refractivity contribution >= 4 is 33.7 Å². The molecule has 0 saturated carbocycles. The molecule has 1 N–H and O–H groups in total. The topological polar surface area (TPSA) is 96.4 Å². The van der Waals surface area contributed by atoms with E-state index in [1.165, 1.54) is 4.90 Å². The summed E-state index contributed by atoms with van der Waals surface area (Å²) in [5, 5.41) is 10.6. The summed E-state index contributed by atoms with van der Waals surface area (Å²) in [4.78, 5) is 45.0. The largest absolute Gasteiger partial charge is 0.466 e. The average molecular weight is 598 g/mol. The van der Waals surface area contributed by atoms with Crippen LogP contribution in [-0.4, -0.2) is 75.0 Å². The molecule has 2 bridgehead atoms. The second kappa shape index (κ2) is 11.2. The van der Waals surface area contributed by atoms with Crippen molar-refractivity contribution in [3.63, 3.8) is 0 Å². The van der Waals surface area contributed by atoms with Crippen molar-refractivity contribution in [1.82, 2.24) is 9.80 Å². The first-order valence-corrected chi connectivity index (χ1v) is 14.2. The third-order valence-electron chi connectivity index (χ3n) is 8.09. The maximum Gasteiger partial charge on any atom is 0.312 e. The van der Waals surface area contributed by atoms with E-state index in [-0.39, 0.29) is 29.8 Å². The van der Waals surface area contributed by atoms with Crippen molar-refractivity contribution in [3.8, 4) is 0 Å². The molecule has 8 nitrogen and oxygen atoms in total. The van der Waals surface area contributed by atoms with Crippen molar-refractivity contribution in [2.24, 2.45) is 11.8 Å². The Kier molecular flexibility index (Phi) is 7.94. The van der Waals surface area contributed by atoms with Gasteiger partial charge in [0.25, 0.3) is 0 Å². The summed E-state index contributed by atoms with van der Waals surface area (Å²) in [6.45, 7) is 5.90. The number of hydrogen-bond donors (Lipinski definition) is 1. The second-order valence-electron chi connectivity index (χ2n) is 10.3. The van der Waals surface area contributed by atoms with Gasteiger partial charge in [0.1, 0.15) is 11.6 Å². The molecule has 7 atom stereocenters. The molecule has 0 aliphatic carbocycles. The standard InChI is InChI=1S/C30H33BrN2O6/c1-3-15-32(17-19-11-7-5-8-12-19)28(36)26-30-16-21(31)25(39-30)23(29(37)38-4-2)24(30)27(35)33(26)22(18-34)20-13-9-6-10-14-20/h3,5-14,21-26,34H,1,4,15-18H2,2H3/t21?,22-,23-,24+,25-,26?,30?/m1/s1. The van der Waals surface area contributed by atoms with Gasteiger partial charge in [-0.1, -0.05) is 82.7 Å². The van der Waals surface area contributed by atoms with Crippen LogP contribution in [0.4, 0.5) is 0 Å². The van der Waals surface area contributed by atoms with E-state index in [4.69, 9.17) is 9.47 Å². The molecule has 2 amide bonds. The average Bonchev–Trinajstić information content (AvgIpc) is 3.53. The number of fused-ring (bicyclic) bond motifs is 1. The fourth-order valence-electron chi connectivity index (χ4n) is 6.58. The van der Waals surface area contributed by atoms with Gasteiger partial charge in [-0.05, 0) is 24.5 Å². The molecule has 5 rings (SSSR count). The summed E-state index contributed by atoms with van der Waals surface area (Å²) in [6.07, 6.45) is 1.43. The highest BCUT2D eigenvalue weighted by Crippen LogP contribution is 2.61. The lowest BCUT2D eigenvalue weighted by molar-refractivity contribution is -0.156. The molecule has 3 aliphatic heterocycles. The monoisotopic (exact) mass is 596 g/mol. The van der Waals surface area contributed by atoms with Gasteiger partial charge in [0.15, 0.2) is 0 Å². The Morgan fingerprint density at radius 3 is 2.51 bits per heavy atom. The van der Waals surface area contributed by atoms with Crippen LogP contribution in [0, 0.1) is 11.8 Å². The van der Waals surface area contributed by atoms with E-state index in [1.54, 1.807) is 17.9 Å². The fraction of sp³-hybridized carbons (Fsp3) is 0.433. The number of aliphatic hydroxyl groups is 1. The van der Waals surface area contributed by atoms with Crippen molar-refractivity contribution in [1.29, 1.82) is 0 Å². The fourth-order valence-corrected chi connectivity index (χ4v) is 7.53. The molecule has 3 unspecified atom stereocenters. The van der Waals surface area contributed by atoms with Gasteiger partial charge in [-0.15, -0.1) is 6.58 Å². The van der Waals surface area contributed by atoms with Crippen molar-refractivity contribution in [2.75, 3.05) is 19.8 Å². The lowest BCUT2D eigenvalue weighted by Crippen LogP contribution is -2.57. The Labute approximate surface area is 236 Å². The highest BCUT2D eigenvalue weighted by Gasteiger charge is 2.77. The normalized spacial score (nSPS) is 29.7. The first-order valence-electron chi connectivity index (χ1n) is 13.3. The second-order valence-corrected chi connectivity index (χ2v) is 11.4. The Morgan fingerprint density at radius 2 is 1.90 bits per heavy atom. The van der Waals surface area contributed by atoms with Crippen molar-refractivity contribution in [2.45, 2.75) is 48.5 Å². The van der Waals surface area contributed by atoms with Crippen LogP contribution in [0.25, 0.3) is 0 Å². The number of likely N-dealkylation sites (tertiary alicyclic amines) is 1. The number of benzene rings is 2. The molecular formula is C30H33BrN2O6. The number of aliphatic hydroxyl groups excluding tert-OH is 1. The molecule has 3 fully saturated rings. The minimum atomic E-state index is -1.25. The van der Waals surface area contributed by atoms with Gasteiger partial charge in [0.05, 0.1) is 37.2 Å². The van der Waals surface area contributed by atoms with E-state index in [1.807, 2.05) is 60.7 Å². The number of amides is 2. The zero-order chi connectivity index (χ0) is 27.7. The Bertz CT molecular complexity index is 1230. The summed E-state index contributed by atoms with van der Waals surface area (Å²) in [6, 6.07) is 16.9. The smallest absolute Gasteiger partial charge is 0.312 e. The van der Waals surface area contributed by atoms with E-state index < -0.39 is 48.2 Å². The molecule has 3 aliphatic rings.